The smallest absolute Gasteiger partial charge is 0.234 e. The third-order valence-electron chi connectivity index (χ3n) is 4.37. The number of thioether (sulfide) groups is 1. The van der Waals surface area contributed by atoms with Gasteiger partial charge in [0, 0.05) is 12.7 Å². The summed E-state index contributed by atoms with van der Waals surface area (Å²) in [7, 11) is -1.84. The minimum atomic E-state index is -3.55. The van der Waals surface area contributed by atoms with Crippen LogP contribution in [0.4, 0.5) is 15.8 Å². The molecule has 0 fully saturated rings. The van der Waals surface area contributed by atoms with E-state index in [1.807, 2.05) is 19.1 Å². The van der Waals surface area contributed by atoms with Crippen LogP contribution in [-0.4, -0.2) is 41.1 Å². The lowest BCUT2D eigenvalue weighted by molar-refractivity contribution is -0.113. The van der Waals surface area contributed by atoms with Crippen LogP contribution in [0.25, 0.3) is 0 Å². The van der Waals surface area contributed by atoms with Crippen LogP contribution < -0.4 is 9.62 Å². The van der Waals surface area contributed by atoms with Gasteiger partial charge >= 0.3 is 0 Å². The highest BCUT2D eigenvalue weighted by molar-refractivity contribution is 7.99. The molecule has 3 aromatic rings. The Morgan fingerprint density at radius 2 is 1.90 bits per heavy atom. The Morgan fingerprint density at radius 3 is 2.55 bits per heavy atom. The molecule has 164 valence electrons. The third-order valence-corrected chi connectivity index (χ3v) is 6.53. The van der Waals surface area contributed by atoms with Gasteiger partial charge in [-0.1, -0.05) is 35.5 Å². The molecular weight excluding hydrogens is 441 g/mol. The highest BCUT2D eigenvalue weighted by Crippen LogP contribution is 2.22. The Bertz CT molecular complexity index is 1180. The number of amides is 1. The van der Waals surface area contributed by atoms with Gasteiger partial charge < -0.3 is 9.88 Å². The van der Waals surface area contributed by atoms with E-state index in [-0.39, 0.29) is 18.2 Å². The Hall–Kier alpha value is -2.92. The number of carbonyl (C=O) groups is 1. The van der Waals surface area contributed by atoms with Gasteiger partial charge in [-0.25, -0.2) is 12.8 Å². The van der Waals surface area contributed by atoms with Crippen molar-refractivity contribution in [3.63, 3.8) is 0 Å². The molecule has 0 unspecified atom stereocenters. The quantitative estimate of drug-likeness (QED) is 0.516. The lowest BCUT2D eigenvalue weighted by atomic mass is 10.2. The van der Waals surface area contributed by atoms with E-state index in [1.165, 1.54) is 22.5 Å². The van der Waals surface area contributed by atoms with E-state index in [0.29, 0.717) is 22.4 Å². The molecule has 1 N–H and O–H groups in total. The van der Waals surface area contributed by atoms with Crippen LogP contribution in [0.15, 0.2) is 53.7 Å². The Kier molecular flexibility index (Phi) is 6.96. The van der Waals surface area contributed by atoms with Crippen molar-refractivity contribution in [1.82, 2.24) is 14.8 Å². The molecule has 0 aliphatic heterocycles. The molecule has 0 spiro atoms. The van der Waals surface area contributed by atoms with Gasteiger partial charge in [-0.15, -0.1) is 10.2 Å². The zero-order valence-electron chi connectivity index (χ0n) is 17.2. The second-order valence-corrected chi connectivity index (χ2v) is 9.76. The van der Waals surface area contributed by atoms with E-state index in [0.717, 1.165) is 23.6 Å². The molecule has 11 heteroatoms. The summed E-state index contributed by atoms with van der Waals surface area (Å²) in [5.41, 5.74) is 1.91. The second kappa shape index (κ2) is 9.48. The summed E-state index contributed by atoms with van der Waals surface area (Å²) in [6.45, 7) is 1.92. The summed E-state index contributed by atoms with van der Waals surface area (Å²) in [5.74, 6) is -0.292. The molecule has 0 aliphatic rings. The van der Waals surface area contributed by atoms with Crippen molar-refractivity contribution in [2.45, 2.75) is 18.6 Å². The highest BCUT2D eigenvalue weighted by atomic mass is 32.2. The largest absolute Gasteiger partial charge is 0.325 e. The molecule has 1 amide bonds. The van der Waals surface area contributed by atoms with Gasteiger partial charge in [0.05, 0.1) is 24.2 Å². The minimum absolute atomic E-state index is 0.00143. The monoisotopic (exact) mass is 463 g/mol. The van der Waals surface area contributed by atoms with Crippen LogP contribution in [0.3, 0.4) is 0 Å². The summed E-state index contributed by atoms with van der Waals surface area (Å²) in [6, 6.07) is 12.8. The van der Waals surface area contributed by atoms with Crippen molar-refractivity contribution >= 4 is 39.1 Å². The first-order valence-corrected chi connectivity index (χ1v) is 12.1. The molecule has 0 bridgehead atoms. The summed E-state index contributed by atoms with van der Waals surface area (Å²) >= 11 is 1.15. The predicted octanol–water partition coefficient (Wildman–Crippen LogP) is 2.96. The van der Waals surface area contributed by atoms with Gasteiger partial charge in [-0.2, -0.15) is 0 Å². The predicted molar refractivity (Wildman–Crippen MR) is 119 cm³/mol. The van der Waals surface area contributed by atoms with Crippen molar-refractivity contribution in [3.8, 4) is 0 Å². The number of rotatable bonds is 8. The van der Waals surface area contributed by atoms with E-state index in [2.05, 4.69) is 15.5 Å². The van der Waals surface area contributed by atoms with E-state index >= 15 is 0 Å². The van der Waals surface area contributed by atoms with Gasteiger partial charge in [0.25, 0.3) is 0 Å². The zero-order valence-corrected chi connectivity index (χ0v) is 18.9. The van der Waals surface area contributed by atoms with Crippen LogP contribution in [0.5, 0.6) is 0 Å². The van der Waals surface area contributed by atoms with E-state index < -0.39 is 15.8 Å². The van der Waals surface area contributed by atoms with Crippen molar-refractivity contribution < 1.29 is 17.6 Å². The maximum Gasteiger partial charge on any atom is 0.234 e. The fourth-order valence-electron chi connectivity index (χ4n) is 2.74. The van der Waals surface area contributed by atoms with Crippen LogP contribution in [0.2, 0.25) is 0 Å². The molecule has 0 saturated heterocycles. The molecule has 1 aromatic heterocycles. The molecule has 0 saturated carbocycles. The zero-order chi connectivity index (χ0) is 22.6. The number of sulfonamides is 1. The number of hydrogen-bond donors (Lipinski definition) is 1. The fourth-order valence-corrected chi connectivity index (χ4v) is 4.33. The van der Waals surface area contributed by atoms with Crippen molar-refractivity contribution in [3.05, 3.63) is 65.7 Å². The molecule has 3 rings (SSSR count). The van der Waals surface area contributed by atoms with Crippen LogP contribution in [-0.2, 0) is 28.4 Å². The van der Waals surface area contributed by atoms with Crippen LogP contribution >= 0.6 is 11.8 Å². The number of anilines is 2. The average Bonchev–Trinajstić information content (AvgIpc) is 3.04. The lowest BCUT2D eigenvalue weighted by Gasteiger charge is -2.22. The Labute approximate surface area is 184 Å². The fraction of sp³-hybridized carbons (Fsp3) is 0.250. The number of aryl methyl sites for hydroxylation is 1. The highest BCUT2D eigenvalue weighted by Gasteiger charge is 2.21. The van der Waals surface area contributed by atoms with Gasteiger partial charge in [0.15, 0.2) is 11.0 Å². The Morgan fingerprint density at radius 1 is 1.19 bits per heavy atom. The summed E-state index contributed by atoms with van der Waals surface area (Å²) in [4.78, 5) is 12.1. The second-order valence-electron chi connectivity index (χ2n) is 6.91. The lowest BCUT2D eigenvalue weighted by Crippen LogP contribution is -2.30. The first kappa shape index (κ1) is 22.8. The number of carbonyl (C=O) groups excluding carboxylic acids is 1. The molecule has 0 radical (unpaired) electrons. The van der Waals surface area contributed by atoms with Crippen LogP contribution in [0, 0.1) is 12.7 Å². The number of nitrogens with one attached hydrogen (secondary N) is 1. The standard InChI is InChI=1S/C20H22FN5O3S2/c1-14-7-9-17(10-8-14)26(31(3,28)29)12-18-23-24-20(25(18)2)30-13-19(27)22-16-6-4-5-15(21)11-16/h4-11H,12-13H2,1-3H3,(H,22,27). The topological polar surface area (TPSA) is 97.2 Å². The normalized spacial score (nSPS) is 11.4. The molecule has 31 heavy (non-hydrogen) atoms. The number of aromatic nitrogens is 3. The molecule has 2 aromatic carbocycles. The summed E-state index contributed by atoms with van der Waals surface area (Å²) in [6.07, 6.45) is 1.13. The van der Waals surface area contributed by atoms with Gasteiger partial charge in [-0.3, -0.25) is 9.10 Å². The van der Waals surface area contributed by atoms with E-state index in [9.17, 15) is 17.6 Å². The van der Waals surface area contributed by atoms with Crippen LogP contribution in [0.1, 0.15) is 11.4 Å². The summed E-state index contributed by atoms with van der Waals surface area (Å²) in [5, 5.41) is 11.2. The first-order valence-electron chi connectivity index (χ1n) is 9.24. The number of nitrogens with zero attached hydrogens (tertiary/aromatic N) is 4. The van der Waals surface area contributed by atoms with Crippen molar-refractivity contribution in [2.24, 2.45) is 7.05 Å². The maximum absolute atomic E-state index is 13.2. The number of benzene rings is 2. The number of halogens is 1. The molecular formula is C20H22FN5O3S2. The van der Waals surface area contributed by atoms with E-state index in [4.69, 9.17) is 0 Å². The van der Waals surface area contributed by atoms with Gasteiger partial charge in [-0.05, 0) is 37.3 Å². The maximum atomic E-state index is 13.2. The van der Waals surface area contributed by atoms with Crippen molar-refractivity contribution in [1.29, 1.82) is 0 Å². The van der Waals surface area contributed by atoms with Gasteiger partial charge in [0.2, 0.25) is 15.9 Å². The molecule has 0 atom stereocenters. The molecule has 1 heterocycles. The number of hydrogen-bond acceptors (Lipinski definition) is 6. The SMILES string of the molecule is Cc1ccc(N(Cc2nnc(SCC(=O)Nc3cccc(F)c3)n2C)S(C)(=O)=O)cc1. The van der Waals surface area contributed by atoms with Gasteiger partial charge in [0.1, 0.15) is 5.82 Å². The summed E-state index contributed by atoms with van der Waals surface area (Å²) < 4.78 is 40.8. The van der Waals surface area contributed by atoms with Crippen molar-refractivity contribution in [2.75, 3.05) is 21.6 Å². The minimum Gasteiger partial charge on any atom is -0.325 e. The Balaban J connectivity index is 1.68. The average molecular weight is 464 g/mol. The molecule has 8 nitrogen and oxygen atoms in total. The molecule has 0 aliphatic carbocycles. The third kappa shape index (κ3) is 6.05. The van der Waals surface area contributed by atoms with E-state index in [1.54, 1.807) is 29.8 Å². The first-order chi connectivity index (χ1) is 14.6.